The molecule has 84 valence electrons. The summed E-state index contributed by atoms with van der Waals surface area (Å²) in [5.41, 5.74) is 0. The Bertz CT molecular complexity index is 292. The second-order valence-corrected chi connectivity index (χ2v) is 5.13. The molecule has 1 atom stereocenters. The monoisotopic (exact) mass is 228 g/mol. The molecule has 7 heteroatoms. The van der Waals surface area contributed by atoms with Crippen LogP contribution in [0.4, 0.5) is 8.78 Å². The summed E-state index contributed by atoms with van der Waals surface area (Å²) in [5, 5.41) is 0. The third-order valence-electron chi connectivity index (χ3n) is 2.23. The maximum absolute atomic E-state index is 12.9. The molecule has 1 fully saturated rings. The lowest BCUT2D eigenvalue weighted by Crippen LogP contribution is -2.45. The number of nitrogens with one attached hydrogen (secondary N) is 2. The average Bonchev–Trinajstić information content (AvgIpc) is 2.01. The first-order valence-corrected chi connectivity index (χ1v) is 5.91. The van der Waals surface area contributed by atoms with Crippen LogP contribution < -0.4 is 9.44 Å². The zero-order valence-electron chi connectivity index (χ0n) is 7.89. The van der Waals surface area contributed by atoms with Gasteiger partial charge < -0.3 is 0 Å². The number of hydrogen-bond donors (Lipinski definition) is 2. The molecule has 1 rings (SSSR count). The molecule has 0 aromatic heterocycles. The van der Waals surface area contributed by atoms with E-state index in [-0.39, 0.29) is 6.42 Å². The highest BCUT2D eigenvalue weighted by Crippen LogP contribution is 2.33. The van der Waals surface area contributed by atoms with Crippen LogP contribution in [-0.2, 0) is 10.2 Å². The van der Waals surface area contributed by atoms with E-state index in [2.05, 4.69) is 4.72 Å². The van der Waals surface area contributed by atoms with Gasteiger partial charge in [0, 0.05) is 25.9 Å². The van der Waals surface area contributed by atoms with E-state index in [4.69, 9.17) is 0 Å². The number of halogens is 2. The summed E-state index contributed by atoms with van der Waals surface area (Å²) in [6.45, 7) is 0. The van der Waals surface area contributed by atoms with Gasteiger partial charge in [0.15, 0.2) is 0 Å². The average molecular weight is 228 g/mol. The van der Waals surface area contributed by atoms with E-state index in [1.807, 2.05) is 4.72 Å². The normalized spacial score (nSPS) is 27.5. The van der Waals surface area contributed by atoms with Gasteiger partial charge in [-0.15, -0.1) is 0 Å². The summed E-state index contributed by atoms with van der Waals surface area (Å²) >= 11 is 0. The van der Waals surface area contributed by atoms with E-state index in [0.717, 1.165) is 0 Å². The fourth-order valence-corrected chi connectivity index (χ4v) is 2.31. The van der Waals surface area contributed by atoms with Crippen LogP contribution >= 0.6 is 0 Å². The van der Waals surface area contributed by atoms with Crippen LogP contribution in [0.1, 0.15) is 25.7 Å². The largest absolute Gasteiger partial charge is 0.276 e. The maximum atomic E-state index is 12.9. The van der Waals surface area contributed by atoms with Crippen molar-refractivity contribution < 1.29 is 17.2 Å². The Morgan fingerprint density at radius 1 is 1.43 bits per heavy atom. The van der Waals surface area contributed by atoms with Crippen molar-refractivity contribution in [2.45, 2.75) is 37.6 Å². The highest BCUT2D eigenvalue weighted by Gasteiger charge is 2.37. The molecule has 1 aliphatic carbocycles. The lowest BCUT2D eigenvalue weighted by molar-refractivity contribution is -0.0414. The summed E-state index contributed by atoms with van der Waals surface area (Å²) in [7, 11) is -2.36. The first-order valence-electron chi connectivity index (χ1n) is 4.43. The van der Waals surface area contributed by atoms with Gasteiger partial charge in [-0.3, -0.25) is 0 Å². The second kappa shape index (κ2) is 4.08. The Hall–Kier alpha value is -0.270. The van der Waals surface area contributed by atoms with Crippen LogP contribution in [0.5, 0.6) is 0 Å². The van der Waals surface area contributed by atoms with Crippen LogP contribution in [-0.4, -0.2) is 27.4 Å². The lowest BCUT2D eigenvalue weighted by Gasteiger charge is -2.28. The van der Waals surface area contributed by atoms with Crippen molar-refractivity contribution >= 4 is 10.2 Å². The van der Waals surface area contributed by atoms with Gasteiger partial charge in [-0.25, -0.2) is 13.5 Å². The van der Waals surface area contributed by atoms with Crippen LogP contribution in [0, 0.1) is 0 Å². The minimum absolute atomic E-state index is 0.148. The zero-order chi connectivity index (χ0) is 10.8. The first kappa shape index (κ1) is 11.8. The topological polar surface area (TPSA) is 58.2 Å². The van der Waals surface area contributed by atoms with E-state index < -0.39 is 28.6 Å². The molecule has 0 aliphatic heterocycles. The molecule has 2 N–H and O–H groups in total. The third-order valence-corrected chi connectivity index (χ3v) is 3.41. The lowest BCUT2D eigenvalue weighted by atomic mass is 9.93. The molecule has 1 aliphatic rings. The van der Waals surface area contributed by atoms with E-state index in [1.165, 1.54) is 7.05 Å². The summed E-state index contributed by atoms with van der Waals surface area (Å²) < 4.78 is 52.0. The van der Waals surface area contributed by atoms with Gasteiger partial charge in [-0.2, -0.15) is 13.1 Å². The summed E-state index contributed by atoms with van der Waals surface area (Å²) in [6.07, 6.45) is 0.263. The molecular weight excluding hydrogens is 214 g/mol. The predicted octanol–water partition coefficient (Wildman–Crippen LogP) is 0.618. The Labute approximate surface area is 82.3 Å². The summed E-state index contributed by atoms with van der Waals surface area (Å²) in [4.78, 5) is 0. The fraction of sp³-hybridized carbons (Fsp3) is 1.00. The molecule has 4 nitrogen and oxygen atoms in total. The highest BCUT2D eigenvalue weighted by molar-refractivity contribution is 7.87. The van der Waals surface area contributed by atoms with Crippen LogP contribution in [0.15, 0.2) is 0 Å². The van der Waals surface area contributed by atoms with Crippen molar-refractivity contribution in [3.05, 3.63) is 0 Å². The van der Waals surface area contributed by atoms with Gasteiger partial charge in [-0.05, 0) is 12.8 Å². The Morgan fingerprint density at radius 2 is 2.07 bits per heavy atom. The Kier molecular flexibility index (Phi) is 3.44. The molecule has 14 heavy (non-hydrogen) atoms. The molecule has 0 saturated heterocycles. The van der Waals surface area contributed by atoms with Crippen LogP contribution in [0.25, 0.3) is 0 Å². The molecule has 1 saturated carbocycles. The van der Waals surface area contributed by atoms with Gasteiger partial charge in [-0.1, -0.05) is 0 Å². The predicted molar refractivity (Wildman–Crippen MR) is 48.3 cm³/mol. The van der Waals surface area contributed by atoms with E-state index in [0.29, 0.717) is 12.8 Å². The van der Waals surface area contributed by atoms with Gasteiger partial charge in [0.2, 0.25) is 5.92 Å². The van der Waals surface area contributed by atoms with Crippen LogP contribution in [0.3, 0.4) is 0 Å². The first-order chi connectivity index (χ1) is 6.35. The molecule has 0 bridgehead atoms. The summed E-state index contributed by atoms with van der Waals surface area (Å²) in [6, 6.07) is -0.656. The minimum Gasteiger partial charge on any atom is -0.207 e. The Balaban J connectivity index is 2.54. The van der Waals surface area contributed by atoms with E-state index in [1.54, 1.807) is 0 Å². The quantitative estimate of drug-likeness (QED) is 0.744. The zero-order valence-corrected chi connectivity index (χ0v) is 8.70. The van der Waals surface area contributed by atoms with Crippen molar-refractivity contribution in [1.29, 1.82) is 0 Å². The minimum atomic E-state index is -3.60. The fourth-order valence-electron chi connectivity index (χ4n) is 1.55. The standard InChI is InChI=1S/C7H14F2N2O2S/c1-10-14(12,13)11-6-3-2-4-7(8,9)5-6/h6,10-11H,2-5H2,1H3/t6-/m1/s1. The van der Waals surface area contributed by atoms with E-state index >= 15 is 0 Å². The molecule has 0 amide bonds. The van der Waals surface area contributed by atoms with Crippen molar-refractivity contribution in [2.24, 2.45) is 0 Å². The van der Waals surface area contributed by atoms with Crippen molar-refractivity contribution in [2.75, 3.05) is 7.05 Å². The molecule has 0 unspecified atom stereocenters. The molecular formula is C7H14F2N2O2S. The smallest absolute Gasteiger partial charge is 0.207 e. The SMILES string of the molecule is CNS(=O)(=O)N[C@@H]1CCCC(F)(F)C1. The third kappa shape index (κ3) is 3.47. The molecule has 0 aromatic rings. The van der Waals surface area contributed by atoms with Gasteiger partial charge >= 0.3 is 0 Å². The molecule has 0 radical (unpaired) electrons. The molecule has 0 aromatic carbocycles. The van der Waals surface area contributed by atoms with Crippen molar-refractivity contribution in [3.8, 4) is 0 Å². The second-order valence-electron chi connectivity index (χ2n) is 3.47. The van der Waals surface area contributed by atoms with E-state index in [9.17, 15) is 17.2 Å². The maximum Gasteiger partial charge on any atom is 0.276 e. The van der Waals surface area contributed by atoms with Crippen molar-refractivity contribution in [3.63, 3.8) is 0 Å². The van der Waals surface area contributed by atoms with Crippen LogP contribution in [0.2, 0.25) is 0 Å². The number of hydrogen-bond acceptors (Lipinski definition) is 2. The molecule has 0 spiro atoms. The highest BCUT2D eigenvalue weighted by atomic mass is 32.2. The number of alkyl halides is 2. The van der Waals surface area contributed by atoms with Gasteiger partial charge in [0.05, 0.1) is 0 Å². The molecule has 0 heterocycles. The number of rotatable bonds is 3. The van der Waals surface area contributed by atoms with Gasteiger partial charge in [0.1, 0.15) is 0 Å². The van der Waals surface area contributed by atoms with Crippen molar-refractivity contribution in [1.82, 2.24) is 9.44 Å². The summed E-state index contributed by atoms with van der Waals surface area (Å²) in [5.74, 6) is -2.74. The Morgan fingerprint density at radius 3 is 2.57 bits per heavy atom. The van der Waals surface area contributed by atoms with Gasteiger partial charge in [0.25, 0.3) is 10.2 Å².